The van der Waals surface area contributed by atoms with Crippen molar-refractivity contribution in [1.29, 1.82) is 0 Å². The Morgan fingerprint density at radius 2 is 2.32 bits per heavy atom. The Hall–Kier alpha value is -2.57. The SMILES string of the molecule is CCOc1ccc(NCc2ccn[nH]2)c([N+](=O)[O-])c1. The van der Waals surface area contributed by atoms with Crippen molar-refractivity contribution in [2.24, 2.45) is 0 Å². The molecule has 2 N–H and O–H groups in total. The van der Waals surface area contributed by atoms with Crippen molar-refractivity contribution in [3.05, 3.63) is 46.3 Å². The normalized spacial score (nSPS) is 10.2. The van der Waals surface area contributed by atoms with E-state index in [-0.39, 0.29) is 5.69 Å². The standard InChI is InChI=1S/C12H14N4O3/c1-2-19-10-3-4-11(12(7-10)16(17)18)13-8-9-5-6-14-15-9/h3-7,13H,2,8H2,1H3,(H,14,15). The summed E-state index contributed by atoms with van der Waals surface area (Å²) in [5.74, 6) is 0.487. The molecule has 2 rings (SSSR count). The van der Waals surface area contributed by atoms with Crippen molar-refractivity contribution >= 4 is 11.4 Å². The number of aromatic nitrogens is 2. The number of nitrogens with one attached hydrogen (secondary N) is 2. The number of anilines is 1. The zero-order valence-electron chi connectivity index (χ0n) is 10.4. The first-order valence-electron chi connectivity index (χ1n) is 5.84. The van der Waals surface area contributed by atoms with E-state index in [1.54, 1.807) is 24.4 Å². The molecule has 7 heteroatoms. The van der Waals surface area contributed by atoms with Gasteiger partial charge < -0.3 is 10.1 Å². The van der Waals surface area contributed by atoms with Gasteiger partial charge in [0, 0.05) is 6.20 Å². The van der Waals surface area contributed by atoms with Crippen molar-refractivity contribution in [3.8, 4) is 5.75 Å². The van der Waals surface area contributed by atoms with Crippen LogP contribution >= 0.6 is 0 Å². The van der Waals surface area contributed by atoms with E-state index >= 15 is 0 Å². The lowest BCUT2D eigenvalue weighted by Gasteiger charge is -2.08. The number of rotatable bonds is 6. The van der Waals surface area contributed by atoms with Crippen LogP contribution in [0.25, 0.3) is 0 Å². The number of ether oxygens (including phenoxy) is 1. The second-order valence-corrected chi connectivity index (χ2v) is 3.80. The average molecular weight is 262 g/mol. The maximum absolute atomic E-state index is 11.0. The topological polar surface area (TPSA) is 93.1 Å². The molecule has 1 aromatic carbocycles. The van der Waals surface area contributed by atoms with Gasteiger partial charge in [-0.1, -0.05) is 0 Å². The smallest absolute Gasteiger partial charge is 0.296 e. The van der Waals surface area contributed by atoms with Crippen LogP contribution in [0.3, 0.4) is 0 Å². The minimum atomic E-state index is -0.433. The highest BCUT2D eigenvalue weighted by Crippen LogP contribution is 2.29. The van der Waals surface area contributed by atoms with Crippen molar-refractivity contribution in [2.75, 3.05) is 11.9 Å². The van der Waals surface area contributed by atoms with Crippen molar-refractivity contribution in [3.63, 3.8) is 0 Å². The second kappa shape index (κ2) is 5.85. The molecule has 100 valence electrons. The molecular weight excluding hydrogens is 248 g/mol. The molecule has 0 amide bonds. The van der Waals surface area contributed by atoms with Gasteiger partial charge in [-0.15, -0.1) is 0 Å². The molecule has 0 fully saturated rings. The second-order valence-electron chi connectivity index (χ2n) is 3.80. The van der Waals surface area contributed by atoms with E-state index in [4.69, 9.17) is 4.74 Å². The Balaban J connectivity index is 2.16. The van der Waals surface area contributed by atoms with Crippen molar-refractivity contribution in [1.82, 2.24) is 10.2 Å². The number of hydrogen-bond acceptors (Lipinski definition) is 5. The van der Waals surface area contributed by atoms with Gasteiger partial charge in [-0.05, 0) is 25.1 Å². The summed E-state index contributed by atoms with van der Waals surface area (Å²) in [5, 5.41) is 20.6. The number of nitro benzene ring substituents is 1. The molecule has 7 nitrogen and oxygen atoms in total. The summed E-state index contributed by atoms with van der Waals surface area (Å²) in [6, 6.07) is 6.55. The third-order valence-corrected chi connectivity index (χ3v) is 2.50. The van der Waals surface area contributed by atoms with E-state index in [0.717, 1.165) is 5.69 Å². The molecule has 0 aliphatic carbocycles. The highest BCUT2D eigenvalue weighted by molar-refractivity contribution is 5.63. The van der Waals surface area contributed by atoms with Gasteiger partial charge in [-0.25, -0.2) is 0 Å². The zero-order chi connectivity index (χ0) is 13.7. The summed E-state index contributed by atoms with van der Waals surface area (Å²) >= 11 is 0. The summed E-state index contributed by atoms with van der Waals surface area (Å²) < 4.78 is 5.25. The molecule has 2 aromatic rings. The molecule has 0 bridgehead atoms. The van der Waals surface area contributed by atoms with Gasteiger partial charge in [0.2, 0.25) is 0 Å². The molecule has 0 spiro atoms. The van der Waals surface area contributed by atoms with E-state index in [0.29, 0.717) is 24.6 Å². The lowest BCUT2D eigenvalue weighted by atomic mass is 10.2. The first-order chi connectivity index (χ1) is 9.20. The summed E-state index contributed by atoms with van der Waals surface area (Å²) in [5.41, 5.74) is 1.29. The quantitative estimate of drug-likeness (QED) is 0.615. The number of aromatic amines is 1. The largest absolute Gasteiger partial charge is 0.494 e. The van der Waals surface area contributed by atoms with Gasteiger partial charge in [0.25, 0.3) is 5.69 Å². The Bertz CT molecular complexity index is 554. The van der Waals surface area contributed by atoms with E-state index in [9.17, 15) is 10.1 Å². The van der Waals surface area contributed by atoms with E-state index in [2.05, 4.69) is 15.5 Å². The van der Waals surface area contributed by atoms with Crippen LogP contribution in [0, 0.1) is 10.1 Å². The first kappa shape index (κ1) is 12.9. The molecule has 1 heterocycles. The summed E-state index contributed by atoms with van der Waals surface area (Å²) in [4.78, 5) is 10.6. The fourth-order valence-corrected chi connectivity index (χ4v) is 1.64. The molecule has 0 atom stereocenters. The Morgan fingerprint density at radius 3 is 2.95 bits per heavy atom. The lowest BCUT2D eigenvalue weighted by molar-refractivity contribution is -0.384. The van der Waals surface area contributed by atoms with Crippen LogP contribution < -0.4 is 10.1 Å². The van der Waals surface area contributed by atoms with Gasteiger partial charge in [0.05, 0.1) is 29.8 Å². The first-order valence-corrected chi connectivity index (χ1v) is 5.84. The Kier molecular flexibility index (Phi) is 3.97. The minimum absolute atomic E-state index is 0.00883. The highest BCUT2D eigenvalue weighted by Gasteiger charge is 2.15. The predicted octanol–water partition coefficient (Wildman–Crippen LogP) is 2.33. The molecule has 0 aliphatic heterocycles. The molecule has 0 saturated carbocycles. The number of hydrogen-bond donors (Lipinski definition) is 2. The lowest BCUT2D eigenvalue weighted by Crippen LogP contribution is -2.03. The van der Waals surface area contributed by atoms with E-state index < -0.39 is 4.92 Å². The molecule has 0 aliphatic rings. The average Bonchev–Trinajstić information content (AvgIpc) is 2.90. The van der Waals surface area contributed by atoms with Gasteiger partial charge in [-0.3, -0.25) is 15.2 Å². The number of benzene rings is 1. The summed E-state index contributed by atoms with van der Waals surface area (Å²) in [6.45, 7) is 2.74. The monoisotopic (exact) mass is 262 g/mol. The molecule has 0 radical (unpaired) electrons. The van der Waals surface area contributed by atoms with E-state index in [1.807, 2.05) is 6.92 Å². The molecule has 1 aromatic heterocycles. The third-order valence-electron chi connectivity index (χ3n) is 2.50. The maximum atomic E-state index is 11.0. The number of nitro groups is 1. The molecular formula is C12H14N4O3. The molecule has 0 unspecified atom stereocenters. The zero-order valence-corrected chi connectivity index (χ0v) is 10.4. The van der Waals surface area contributed by atoms with Crippen molar-refractivity contribution < 1.29 is 9.66 Å². The summed E-state index contributed by atoms with van der Waals surface area (Å²) in [7, 11) is 0. The fraction of sp³-hybridized carbons (Fsp3) is 0.250. The van der Waals surface area contributed by atoms with Crippen molar-refractivity contribution in [2.45, 2.75) is 13.5 Å². The maximum Gasteiger partial charge on any atom is 0.296 e. The number of H-pyrrole nitrogens is 1. The highest BCUT2D eigenvalue weighted by atomic mass is 16.6. The van der Waals surface area contributed by atoms with E-state index in [1.165, 1.54) is 6.07 Å². The Morgan fingerprint density at radius 1 is 1.47 bits per heavy atom. The predicted molar refractivity (Wildman–Crippen MR) is 70.2 cm³/mol. The summed E-state index contributed by atoms with van der Waals surface area (Å²) in [6.07, 6.45) is 1.63. The molecule has 0 saturated heterocycles. The van der Waals surface area contributed by atoms with Gasteiger partial charge in [-0.2, -0.15) is 5.10 Å². The minimum Gasteiger partial charge on any atom is -0.494 e. The van der Waals surface area contributed by atoms with Crippen LogP contribution in [0.2, 0.25) is 0 Å². The Labute approximate surface area is 109 Å². The molecule has 19 heavy (non-hydrogen) atoms. The van der Waals surface area contributed by atoms with Crippen LogP contribution in [0.5, 0.6) is 5.75 Å². The van der Waals surface area contributed by atoms with Gasteiger partial charge >= 0.3 is 0 Å². The fourth-order valence-electron chi connectivity index (χ4n) is 1.64. The van der Waals surface area contributed by atoms with Crippen LogP contribution in [-0.2, 0) is 6.54 Å². The van der Waals surface area contributed by atoms with Crippen LogP contribution in [0.1, 0.15) is 12.6 Å². The third kappa shape index (κ3) is 3.21. The van der Waals surface area contributed by atoms with Gasteiger partial charge in [0.1, 0.15) is 11.4 Å². The number of nitrogens with zero attached hydrogens (tertiary/aromatic N) is 2. The van der Waals surface area contributed by atoms with Crippen LogP contribution in [0.4, 0.5) is 11.4 Å². The van der Waals surface area contributed by atoms with Crippen LogP contribution in [-0.4, -0.2) is 21.7 Å². The van der Waals surface area contributed by atoms with Crippen LogP contribution in [0.15, 0.2) is 30.5 Å². The van der Waals surface area contributed by atoms with Gasteiger partial charge in [0.15, 0.2) is 0 Å².